The van der Waals surface area contributed by atoms with Crippen molar-refractivity contribution in [2.75, 3.05) is 32.3 Å². The number of benzene rings is 1. The van der Waals surface area contributed by atoms with Crippen LogP contribution in [0.3, 0.4) is 0 Å². The molecular formula is C14H21NO2S. The number of anilines is 1. The van der Waals surface area contributed by atoms with Crippen molar-refractivity contribution in [2.24, 2.45) is 0 Å². The Balaban J connectivity index is 2.04. The minimum Gasteiger partial charge on any atom is -0.497 e. The molecule has 18 heavy (non-hydrogen) atoms. The van der Waals surface area contributed by atoms with Crippen LogP contribution < -0.4 is 14.8 Å². The summed E-state index contributed by atoms with van der Waals surface area (Å²) in [6.45, 7) is 1.00. The van der Waals surface area contributed by atoms with Gasteiger partial charge in [-0.25, -0.2) is 0 Å². The van der Waals surface area contributed by atoms with Crippen LogP contribution in [0.5, 0.6) is 11.5 Å². The van der Waals surface area contributed by atoms with Crippen molar-refractivity contribution in [1.82, 2.24) is 0 Å². The van der Waals surface area contributed by atoms with Gasteiger partial charge in [0, 0.05) is 35.2 Å². The topological polar surface area (TPSA) is 30.5 Å². The summed E-state index contributed by atoms with van der Waals surface area (Å²) in [6.07, 6.45) is 6.17. The van der Waals surface area contributed by atoms with Crippen LogP contribution in [-0.2, 0) is 0 Å². The number of hydrogen-bond acceptors (Lipinski definition) is 4. The number of methoxy groups -OCH3 is 2. The van der Waals surface area contributed by atoms with E-state index in [1.54, 1.807) is 14.2 Å². The molecule has 0 atom stereocenters. The lowest BCUT2D eigenvalue weighted by atomic mass is 9.84. The van der Waals surface area contributed by atoms with E-state index in [4.69, 9.17) is 9.47 Å². The molecule has 1 aromatic carbocycles. The highest BCUT2D eigenvalue weighted by molar-refractivity contribution is 8.00. The molecule has 1 aliphatic carbocycles. The second-order valence-corrected chi connectivity index (χ2v) is 5.97. The molecule has 1 N–H and O–H groups in total. The summed E-state index contributed by atoms with van der Waals surface area (Å²) in [6, 6.07) is 5.91. The number of nitrogens with one attached hydrogen (secondary N) is 1. The molecule has 1 fully saturated rings. The van der Waals surface area contributed by atoms with E-state index in [1.165, 1.54) is 19.3 Å². The van der Waals surface area contributed by atoms with Gasteiger partial charge in [0.1, 0.15) is 11.5 Å². The standard InChI is InChI=1S/C14H21NO2S/c1-16-12-7-11(8-13(9-12)17-2)15-10-14(18-3)5-4-6-14/h7-9,15H,4-6,10H2,1-3H3. The fraction of sp³-hybridized carbons (Fsp3) is 0.571. The van der Waals surface area contributed by atoms with Gasteiger partial charge in [-0.15, -0.1) is 0 Å². The number of ether oxygens (including phenoxy) is 2. The van der Waals surface area contributed by atoms with Crippen LogP contribution in [0.25, 0.3) is 0 Å². The molecule has 2 rings (SSSR count). The van der Waals surface area contributed by atoms with Gasteiger partial charge in [-0.2, -0.15) is 11.8 Å². The smallest absolute Gasteiger partial charge is 0.124 e. The lowest BCUT2D eigenvalue weighted by molar-refractivity contribution is 0.379. The molecule has 0 amide bonds. The summed E-state index contributed by atoms with van der Waals surface area (Å²) < 4.78 is 11.0. The first-order valence-electron chi connectivity index (χ1n) is 6.23. The average molecular weight is 267 g/mol. The van der Waals surface area contributed by atoms with Crippen molar-refractivity contribution in [3.8, 4) is 11.5 Å². The summed E-state index contributed by atoms with van der Waals surface area (Å²) in [5.74, 6) is 1.65. The Morgan fingerprint density at radius 1 is 1.17 bits per heavy atom. The first-order chi connectivity index (χ1) is 8.71. The molecule has 100 valence electrons. The molecule has 1 aromatic rings. The fourth-order valence-electron chi connectivity index (χ4n) is 2.20. The van der Waals surface area contributed by atoms with E-state index in [-0.39, 0.29) is 0 Å². The molecule has 1 aliphatic rings. The number of rotatable bonds is 6. The van der Waals surface area contributed by atoms with Crippen molar-refractivity contribution in [3.05, 3.63) is 18.2 Å². The Labute approximate surface area is 113 Å². The first-order valence-corrected chi connectivity index (χ1v) is 7.46. The molecule has 0 radical (unpaired) electrons. The largest absolute Gasteiger partial charge is 0.497 e. The van der Waals surface area contributed by atoms with E-state index in [9.17, 15) is 0 Å². The molecule has 1 saturated carbocycles. The second-order valence-electron chi connectivity index (χ2n) is 4.70. The maximum atomic E-state index is 5.27. The maximum Gasteiger partial charge on any atom is 0.124 e. The van der Waals surface area contributed by atoms with Crippen LogP contribution in [0.1, 0.15) is 19.3 Å². The SMILES string of the molecule is COc1cc(NCC2(SC)CCC2)cc(OC)c1. The normalized spacial score (nSPS) is 16.8. The van der Waals surface area contributed by atoms with E-state index in [2.05, 4.69) is 11.6 Å². The van der Waals surface area contributed by atoms with Crippen LogP contribution in [-0.4, -0.2) is 31.8 Å². The molecule has 0 aliphatic heterocycles. The lowest BCUT2D eigenvalue weighted by Crippen LogP contribution is -2.40. The lowest BCUT2D eigenvalue weighted by Gasteiger charge is -2.40. The van der Waals surface area contributed by atoms with E-state index in [1.807, 2.05) is 30.0 Å². The van der Waals surface area contributed by atoms with Gasteiger partial charge in [-0.05, 0) is 19.1 Å². The Morgan fingerprint density at radius 3 is 2.17 bits per heavy atom. The minimum atomic E-state index is 0.427. The Morgan fingerprint density at radius 2 is 1.78 bits per heavy atom. The van der Waals surface area contributed by atoms with Crippen LogP contribution in [0, 0.1) is 0 Å². The van der Waals surface area contributed by atoms with E-state index in [0.29, 0.717) is 4.75 Å². The molecule has 0 saturated heterocycles. The van der Waals surface area contributed by atoms with Gasteiger partial charge in [-0.1, -0.05) is 6.42 Å². The highest BCUT2D eigenvalue weighted by Gasteiger charge is 2.35. The maximum absolute atomic E-state index is 5.27. The van der Waals surface area contributed by atoms with E-state index < -0.39 is 0 Å². The molecule has 0 spiro atoms. The van der Waals surface area contributed by atoms with Gasteiger partial charge in [0.15, 0.2) is 0 Å². The Bertz CT molecular complexity index is 377. The fourth-order valence-corrected chi connectivity index (χ4v) is 3.11. The molecule has 4 heteroatoms. The zero-order valence-corrected chi connectivity index (χ0v) is 12.1. The summed E-state index contributed by atoms with van der Waals surface area (Å²) in [7, 11) is 3.35. The third-order valence-electron chi connectivity index (χ3n) is 3.66. The predicted molar refractivity (Wildman–Crippen MR) is 78.1 cm³/mol. The van der Waals surface area contributed by atoms with Crippen molar-refractivity contribution in [2.45, 2.75) is 24.0 Å². The van der Waals surface area contributed by atoms with Gasteiger partial charge in [0.25, 0.3) is 0 Å². The highest BCUT2D eigenvalue weighted by Crippen LogP contribution is 2.43. The molecule has 0 aromatic heterocycles. The highest BCUT2D eigenvalue weighted by atomic mass is 32.2. The second kappa shape index (κ2) is 5.74. The van der Waals surface area contributed by atoms with Crippen LogP contribution >= 0.6 is 11.8 Å². The van der Waals surface area contributed by atoms with Gasteiger partial charge < -0.3 is 14.8 Å². The molecule has 0 bridgehead atoms. The molecule has 3 nitrogen and oxygen atoms in total. The molecule has 0 heterocycles. The predicted octanol–water partition coefficient (Wildman–Crippen LogP) is 3.40. The van der Waals surface area contributed by atoms with Crippen LogP contribution in [0.15, 0.2) is 18.2 Å². The summed E-state index contributed by atoms with van der Waals surface area (Å²) in [5.41, 5.74) is 1.06. The van der Waals surface area contributed by atoms with Crippen molar-refractivity contribution in [1.29, 1.82) is 0 Å². The van der Waals surface area contributed by atoms with Crippen molar-refractivity contribution < 1.29 is 9.47 Å². The summed E-state index contributed by atoms with van der Waals surface area (Å²) in [4.78, 5) is 0. The van der Waals surface area contributed by atoms with Gasteiger partial charge in [0.2, 0.25) is 0 Å². The monoisotopic (exact) mass is 267 g/mol. The van der Waals surface area contributed by atoms with Gasteiger partial charge in [0.05, 0.1) is 14.2 Å². The minimum absolute atomic E-state index is 0.427. The quantitative estimate of drug-likeness (QED) is 0.855. The Hall–Kier alpha value is -1.03. The Kier molecular flexibility index (Phi) is 4.27. The third kappa shape index (κ3) is 2.86. The van der Waals surface area contributed by atoms with Gasteiger partial charge >= 0.3 is 0 Å². The van der Waals surface area contributed by atoms with Gasteiger partial charge in [-0.3, -0.25) is 0 Å². The zero-order chi connectivity index (χ0) is 13.0. The number of thioether (sulfide) groups is 1. The average Bonchev–Trinajstić information content (AvgIpc) is 2.37. The zero-order valence-electron chi connectivity index (χ0n) is 11.3. The van der Waals surface area contributed by atoms with Crippen LogP contribution in [0.2, 0.25) is 0 Å². The first kappa shape index (κ1) is 13.4. The third-order valence-corrected chi connectivity index (χ3v) is 5.08. The van der Waals surface area contributed by atoms with Crippen molar-refractivity contribution in [3.63, 3.8) is 0 Å². The molecule has 0 unspecified atom stereocenters. The van der Waals surface area contributed by atoms with Crippen LogP contribution in [0.4, 0.5) is 5.69 Å². The summed E-state index contributed by atoms with van der Waals surface area (Å²) in [5, 5.41) is 3.51. The molecular weight excluding hydrogens is 246 g/mol. The number of hydrogen-bond donors (Lipinski definition) is 1. The summed E-state index contributed by atoms with van der Waals surface area (Å²) >= 11 is 1.97. The van der Waals surface area contributed by atoms with E-state index >= 15 is 0 Å². The van der Waals surface area contributed by atoms with E-state index in [0.717, 1.165) is 23.7 Å². The van der Waals surface area contributed by atoms with Crippen molar-refractivity contribution >= 4 is 17.4 Å².